The molecule has 0 aliphatic carbocycles. The first-order valence-electron chi connectivity index (χ1n) is 39.9. The van der Waals surface area contributed by atoms with Crippen LogP contribution < -0.4 is 0 Å². The lowest BCUT2D eigenvalue weighted by Gasteiger charge is -2.11. The van der Waals surface area contributed by atoms with E-state index in [1.807, 2.05) is 42.5 Å². The van der Waals surface area contributed by atoms with Gasteiger partial charge in [-0.05, 0) is 164 Å². The van der Waals surface area contributed by atoms with Gasteiger partial charge in [-0.2, -0.15) is 15.8 Å². The van der Waals surface area contributed by atoms with Gasteiger partial charge in [-0.3, -0.25) is 9.97 Å². The van der Waals surface area contributed by atoms with E-state index < -0.39 is 0 Å². The number of hydrogen-bond acceptors (Lipinski definition) is 6. The van der Waals surface area contributed by atoms with E-state index in [1.165, 1.54) is 97.7 Å². The van der Waals surface area contributed by atoms with Crippen LogP contribution in [0.2, 0.25) is 0 Å². The minimum atomic E-state index is 0.413. The van der Waals surface area contributed by atoms with E-state index in [2.05, 4.69) is 394 Å². The Balaban J connectivity index is 0.000000108. The number of aromatic nitrogens is 9. The molecule has 0 saturated carbocycles. The first-order chi connectivity index (χ1) is 59.4. The van der Waals surface area contributed by atoms with Gasteiger partial charge >= 0.3 is 0 Å². The number of fused-ring (bicyclic) bond motifs is 21. The number of nitrogens with zero attached hydrogens (tertiary/aromatic N) is 12. The molecule has 0 bridgehead atoms. The highest BCUT2D eigenvalue weighted by atomic mass is 15.0. The number of rotatable bonds is 9. The summed E-state index contributed by atoms with van der Waals surface area (Å²) in [6, 6.07) is 142. The fourth-order valence-corrected chi connectivity index (χ4v) is 18.3. The molecule has 0 atom stereocenters. The molecular formula is C108H66N12. The van der Waals surface area contributed by atoms with Gasteiger partial charge < -0.3 is 27.4 Å². The third-order valence-electron chi connectivity index (χ3n) is 23.3. The topological polar surface area (TPSA) is 140 Å². The first kappa shape index (κ1) is 69.7. The van der Waals surface area contributed by atoms with Crippen molar-refractivity contribution in [3.8, 4) is 86.1 Å². The Morgan fingerprint density at radius 3 is 0.925 bits per heavy atom. The molecule has 0 spiro atoms. The largest absolute Gasteiger partial charge is 0.309 e. The van der Waals surface area contributed by atoms with Gasteiger partial charge in [0.25, 0.3) is 0 Å². The van der Waals surface area contributed by atoms with Crippen molar-refractivity contribution >= 4 is 131 Å². The van der Waals surface area contributed by atoms with Gasteiger partial charge in [0.1, 0.15) is 17.8 Å². The van der Waals surface area contributed by atoms with E-state index >= 15 is 0 Å². The lowest BCUT2D eigenvalue weighted by atomic mass is 10.1. The Hall–Kier alpha value is -17.0. The molecule has 0 unspecified atom stereocenters. The second-order valence-corrected chi connectivity index (χ2v) is 29.9. The fourth-order valence-electron chi connectivity index (χ4n) is 18.3. The summed E-state index contributed by atoms with van der Waals surface area (Å²) in [5, 5.41) is 42.7. The smallest absolute Gasteiger partial charge is 0.141 e. The molecule has 0 aliphatic heterocycles. The highest BCUT2D eigenvalue weighted by molar-refractivity contribution is 6.29. The Kier molecular flexibility index (Phi) is 16.8. The predicted molar refractivity (Wildman–Crippen MR) is 489 cm³/mol. The van der Waals surface area contributed by atoms with Gasteiger partial charge in [-0.25, -0.2) is 4.98 Å². The van der Waals surface area contributed by atoms with Crippen molar-refractivity contribution in [2.45, 2.75) is 0 Å². The predicted octanol–water partition coefficient (Wildman–Crippen LogP) is 26.4. The van der Waals surface area contributed by atoms with Crippen LogP contribution in [0.4, 0.5) is 0 Å². The highest BCUT2D eigenvalue weighted by Crippen LogP contribution is 2.47. The van der Waals surface area contributed by atoms with Gasteiger partial charge in [0.05, 0.1) is 100 Å². The summed E-state index contributed by atoms with van der Waals surface area (Å²) in [6.07, 6.45) is 3.32. The van der Waals surface area contributed by atoms with Crippen LogP contribution in [0.1, 0.15) is 16.8 Å². The highest BCUT2D eigenvalue weighted by Gasteiger charge is 2.26. The van der Waals surface area contributed by atoms with Crippen LogP contribution in [-0.4, -0.2) is 42.4 Å². The van der Waals surface area contributed by atoms with E-state index in [1.54, 1.807) is 24.5 Å². The van der Waals surface area contributed by atoms with Crippen LogP contribution in [0.25, 0.3) is 199 Å². The summed E-state index contributed by atoms with van der Waals surface area (Å²) in [5.74, 6) is 0. The molecular weight excluding hydrogens is 1470 g/mol. The van der Waals surface area contributed by atoms with Crippen molar-refractivity contribution in [2.75, 3.05) is 0 Å². The zero-order chi connectivity index (χ0) is 79.9. The van der Waals surface area contributed by atoms with Gasteiger partial charge in [-0.15, -0.1) is 0 Å². The summed E-state index contributed by atoms with van der Waals surface area (Å²) in [7, 11) is 0. The zero-order valence-electron chi connectivity index (χ0n) is 64.5. The Bertz CT molecular complexity index is 8060. The molecule has 24 rings (SSSR count). The van der Waals surface area contributed by atoms with Crippen LogP contribution in [0.3, 0.4) is 0 Å². The molecule has 0 aliphatic rings. The third-order valence-corrected chi connectivity index (χ3v) is 23.3. The summed E-state index contributed by atoms with van der Waals surface area (Å²) < 4.78 is 14.2. The number of benzene rings is 15. The number of pyridine rings is 3. The minimum Gasteiger partial charge on any atom is -0.309 e. The minimum absolute atomic E-state index is 0.413. The van der Waals surface area contributed by atoms with Crippen LogP contribution in [0.15, 0.2) is 401 Å². The van der Waals surface area contributed by atoms with Crippen LogP contribution in [-0.2, 0) is 0 Å². The zero-order valence-corrected chi connectivity index (χ0v) is 64.5. The standard InChI is InChI=1S/3C36H22N4/c37-23-25-11-9-17-31(38-25)24-10-8-14-27(22-24)39-33-19-7-5-16-30(33)35-34(39)21-20-29-28-15-4-6-18-32(28)40(36(29)35)26-12-2-1-3-13-26;37-22-24-17-19-31(38-23-24)25-9-8-12-27(21-25)39-33-16-7-5-14-30(33)35-34(39)20-18-29-28-13-4-6-15-32(28)40(36(29)35)26-10-2-1-3-11-26;37-23-24-19-20-38-31(21-24)25-9-8-12-27(22-25)39-33-16-7-5-14-30(33)35-34(39)18-17-29-28-13-4-6-15-32(28)40(36(29)35)26-10-2-1-3-11-26/h1-22H;1-21,23H;1-22H. The molecule has 15 aromatic carbocycles. The van der Waals surface area contributed by atoms with Crippen molar-refractivity contribution in [1.82, 2.24) is 42.4 Å². The van der Waals surface area contributed by atoms with Gasteiger partial charge in [-0.1, -0.05) is 224 Å². The maximum absolute atomic E-state index is 9.41. The number of nitriles is 3. The lowest BCUT2D eigenvalue weighted by Crippen LogP contribution is -1.96. The quantitative estimate of drug-likeness (QED) is 0.141. The third kappa shape index (κ3) is 11.4. The first-order valence-corrected chi connectivity index (χ1v) is 39.9. The summed E-state index contributed by atoms with van der Waals surface area (Å²) >= 11 is 0. The van der Waals surface area contributed by atoms with Crippen LogP contribution >= 0.6 is 0 Å². The molecule has 12 heteroatoms. The fraction of sp³-hybridized carbons (Fsp3) is 0. The molecule has 120 heavy (non-hydrogen) atoms. The second-order valence-electron chi connectivity index (χ2n) is 29.9. The Morgan fingerprint density at radius 2 is 0.550 bits per heavy atom. The second kappa shape index (κ2) is 28.8. The van der Waals surface area contributed by atoms with E-state index in [0.717, 1.165) is 101 Å². The van der Waals surface area contributed by atoms with Crippen molar-refractivity contribution in [2.24, 2.45) is 0 Å². The summed E-state index contributed by atoms with van der Waals surface area (Å²) in [5.41, 5.74) is 27.6. The molecule has 0 N–H and O–H groups in total. The maximum atomic E-state index is 9.41. The maximum Gasteiger partial charge on any atom is 0.141 e. The van der Waals surface area contributed by atoms with E-state index in [-0.39, 0.29) is 0 Å². The molecule has 0 radical (unpaired) electrons. The van der Waals surface area contributed by atoms with Crippen LogP contribution in [0, 0.1) is 34.0 Å². The van der Waals surface area contributed by atoms with E-state index in [0.29, 0.717) is 16.8 Å². The molecule has 0 saturated heterocycles. The monoisotopic (exact) mass is 1530 g/mol. The summed E-state index contributed by atoms with van der Waals surface area (Å²) in [6.45, 7) is 0. The molecule has 12 nitrogen and oxygen atoms in total. The van der Waals surface area contributed by atoms with Crippen molar-refractivity contribution in [3.05, 3.63) is 417 Å². The normalized spacial score (nSPS) is 11.5. The molecule has 9 heterocycles. The lowest BCUT2D eigenvalue weighted by molar-refractivity contribution is 1.17. The van der Waals surface area contributed by atoms with Gasteiger partial charge in [0.15, 0.2) is 0 Å². The molecule has 558 valence electrons. The number of hydrogen-bond donors (Lipinski definition) is 0. The molecule has 0 amide bonds. The van der Waals surface area contributed by atoms with Gasteiger partial charge in [0, 0.05) is 128 Å². The van der Waals surface area contributed by atoms with Crippen molar-refractivity contribution in [3.63, 3.8) is 0 Å². The SMILES string of the molecule is N#Cc1ccc(-c2cccc(-n3c4ccccc4c4c3ccc3c5ccccc5n(-c5ccccc5)c34)c2)nc1.N#Cc1cccc(-c2cccc(-n3c4ccccc4c4c3ccc3c5ccccc5n(-c5ccccc5)c34)c2)n1.N#Cc1ccnc(-c2cccc(-n3c4ccccc4c4c3ccc3c5ccccc5n(-c5ccccc5)c34)c2)c1. The Labute approximate surface area is 688 Å². The molecule has 9 aromatic heterocycles. The van der Waals surface area contributed by atoms with Gasteiger partial charge in [0.2, 0.25) is 0 Å². The van der Waals surface area contributed by atoms with E-state index in [9.17, 15) is 15.8 Å². The van der Waals surface area contributed by atoms with Crippen molar-refractivity contribution in [1.29, 1.82) is 15.8 Å². The molecule has 0 fully saturated rings. The van der Waals surface area contributed by atoms with Crippen molar-refractivity contribution < 1.29 is 0 Å². The van der Waals surface area contributed by atoms with Crippen LogP contribution in [0.5, 0.6) is 0 Å². The average Bonchev–Trinajstić information content (AvgIpc) is 1.56. The summed E-state index contributed by atoms with van der Waals surface area (Å²) in [4.78, 5) is 13.6. The number of para-hydroxylation sites is 9. The average molecular weight is 1530 g/mol. The Morgan fingerprint density at radius 1 is 0.208 bits per heavy atom. The van der Waals surface area contributed by atoms with E-state index in [4.69, 9.17) is 0 Å². The molecule has 24 aromatic rings.